The molecule has 0 saturated carbocycles. The second-order valence-electron chi connectivity index (χ2n) is 4.97. The van der Waals surface area contributed by atoms with Crippen LogP contribution in [0.3, 0.4) is 0 Å². The standard InChI is InChI=1S/C13H22N4/c1-10(14)13-5-3-4-8-17(13)11(2)12-9-15-6-7-16-12/h6-7,9-11,13H,3-5,8,14H2,1-2H3. The van der Waals surface area contributed by atoms with E-state index in [9.17, 15) is 0 Å². The lowest BCUT2D eigenvalue weighted by atomic mass is 9.94. The van der Waals surface area contributed by atoms with Gasteiger partial charge >= 0.3 is 0 Å². The molecule has 4 heteroatoms. The SMILES string of the molecule is CC(N)C1CCCCN1C(C)c1cnccn1. The highest BCUT2D eigenvalue weighted by atomic mass is 15.2. The summed E-state index contributed by atoms with van der Waals surface area (Å²) in [6.07, 6.45) is 9.08. The van der Waals surface area contributed by atoms with Gasteiger partial charge in [-0.2, -0.15) is 0 Å². The first-order valence-corrected chi connectivity index (χ1v) is 6.47. The zero-order chi connectivity index (χ0) is 12.3. The quantitative estimate of drug-likeness (QED) is 0.865. The molecule has 1 aliphatic rings. The summed E-state index contributed by atoms with van der Waals surface area (Å²) < 4.78 is 0. The Kier molecular flexibility index (Phi) is 4.07. The van der Waals surface area contributed by atoms with E-state index in [4.69, 9.17) is 5.73 Å². The molecule has 0 aliphatic carbocycles. The maximum atomic E-state index is 6.10. The third kappa shape index (κ3) is 2.82. The van der Waals surface area contributed by atoms with Gasteiger partial charge in [0.25, 0.3) is 0 Å². The molecule has 1 aromatic heterocycles. The predicted octanol–water partition coefficient (Wildman–Crippen LogP) is 1.74. The maximum Gasteiger partial charge on any atom is 0.0755 e. The Morgan fingerprint density at radius 1 is 1.35 bits per heavy atom. The molecule has 3 unspecified atom stereocenters. The Labute approximate surface area is 103 Å². The third-order valence-electron chi connectivity index (χ3n) is 3.71. The number of hydrogen-bond acceptors (Lipinski definition) is 4. The zero-order valence-electron chi connectivity index (χ0n) is 10.7. The molecule has 0 aromatic carbocycles. The average Bonchev–Trinajstić information content (AvgIpc) is 2.39. The van der Waals surface area contributed by atoms with E-state index in [0.717, 1.165) is 12.2 Å². The summed E-state index contributed by atoms with van der Waals surface area (Å²) in [6.45, 7) is 5.42. The Morgan fingerprint density at radius 2 is 2.18 bits per heavy atom. The third-order valence-corrected chi connectivity index (χ3v) is 3.71. The van der Waals surface area contributed by atoms with Crippen molar-refractivity contribution in [3.63, 3.8) is 0 Å². The van der Waals surface area contributed by atoms with Gasteiger partial charge in [0.2, 0.25) is 0 Å². The maximum absolute atomic E-state index is 6.10. The van der Waals surface area contributed by atoms with Crippen LogP contribution in [0.2, 0.25) is 0 Å². The van der Waals surface area contributed by atoms with Gasteiger partial charge < -0.3 is 5.73 Å². The first-order valence-electron chi connectivity index (χ1n) is 6.47. The van der Waals surface area contributed by atoms with Crippen LogP contribution in [-0.4, -0.2) is 33.5 Å². The van der Waals surface area contributed by atoms with Gasteiger partial charge in [0.15, 0.2) is 0 Å². The fraction of sp³-hybridized carbons (Fsp3) is 0.692. The van der Waals surface area contributed by atoms with E-state index in [-0.39, 0.29) is 6.04 Å². The number of likely N-dealkylation sites (tertiary alicyclic amines) is 1. The molecule has 0 bridgehead atoms. The molecular formula is C13H22N4. The molecule has 0 spiro atoms. The van der Waals surface area contributed by atoms with Crippen molar-refractivity contribution < 1.29 is 0 Å². The molecule has 4 nitrogen and oxygen atoms in total. The highest BCUT2D eigenvalue weighted by Crippen LogP contribution is 2.28. The van der Waals surface area contributed by atoms with Crippen molar-refractivity contribution in [3.8, 4) is 0 Å². The minimum Gasteiger partial charge on any atom is -0.327 e. The van der Waals surface area contributed by atoms with Gasteiger partial charge in [-0.05, 0) is 33.2 Å². The summed E-state index contributed by atoms with van der Waals surface area (Å²) in [7, 11) is 0. The topological polar surface area (TPSA) is 55.0 Å². The number of nitrogens with two attached hydrogens (primary N) is 1. The fourth-order valence-electron chi connectivity index (χ4n) is 2.72. The normalized spacial score (nSPS) is 25.5. The highest BCUT2D eigenvalue weighted by molar-refractivity contribution is 5.03. The van der Waals surface area contributed by atoms with E-state index in [1.54, 1.807) is 12.4 Å². The summed E-state index contributed by atoms with van der Waals surface area (Å²) in [6, 6.07) is 0.996. The molecule has 2 N–H and O–H groups in total. The van der Waals surface area contributed by atoms with Gasteiger partial charge in [-0.1, -0.05) is 6.42 Å². The molecule has 1 aliphatic heterocycles. The van der Waals surface area contributed by atoms with Crippen molar-refractivity contribution >= 4 is 0 Å². The van der Waals surface area contributed by atoms with E-state index in [1.807, 2.05) is 6.20 Å². The van der Waals surface area contributed by atoms with Gasteiger partial charge in [-0.3, -0.25) is 14.9 Å². The fourth-order valence-corrected chi connectivity index (χ4v) is 2.72. The van der Waals surface area contributed by atoms with Crippen LogP contribution in [0.4, 0.5) is 0 Å². The Hall–Kier alpha value is -1.00. The number of nitrogens with zero attached hydrogens (tertiary/aromatic N) is 3. The van der Waals surface area contributed by atoms with Crippen LogP contribution < -0.4 is 5.73 Å². The number of hydrogen-bond donors (Lipinski definition) is 1. The van der Waals surface area contributed by atoms with Gasteiger partial charge in [0.1, 0.15) is 0 Å². The molecule has 2 heterocycles. The Morgan fingerprint density at radius 3 is 2.82 bits per heavy atom. The van der Waals surface area contributed by atoms with E-state index in [1.165, 1.54) is 19.3 Å². The van der Waals surface area contributed by atoms with E-state index >= 15 is 0 Å². The second kappa shape index (κ2) is 5.56. The minimum atomic E-state index is 0.217. The van der Waals surface area contributed by atoms with Crippen LogP contribution in [0, 0.1) is 0 Å². The first-order chi connectivity index (χ1) is 8.20. The van der Waals surface area contributed by atoms with Crippen molar-refractivity contribution in [2.75, 3.05) is 6.54 Å². The molecule has 0 amide bonds. The van der Waals surface area contributed by atoms with E-state index in [0.29, 0.717) is 12.1 Å². The lowest BCUT2D eigenvalue weighted by molar-refractivity contribution is 0.0869. The molecule has 94 valence electrons. The predicted molar refractivity (Wildman–Crippen MR) is 68.4 cm³/mol. The van der Waals surface area contributed by atoms with Gasteiger partial charge in [0.05, 0.1) is 11.7 Å². The lowest BCUT2D eigenvalue weighted by Gasteiger charge is -2.41. The van der Waals surface area contributed by atoms with Crippen LogP contribution >= 0.6 is 0 Å². The molecule has 1 fully saturated rings. The van der Waals surface area contributed by atoms with Crippen LogP contribution in [0.15, 0.2) is 18.6 Å². The molecule has 1 aromatic rings. The minimum absolute atomic E-state index is 0.217. The van der Waals surface area contributed by atoms with Crippen molar-refractivity contribution in [2.45, 2.75) is 51.2 Å². The smallest absolute Gasteiger partial charge is 0.0755 e. The van der Waals surface area contributed by atoms with Gasteiger partial charge in [0, 0.05) is 30.7 Å². The summed E-state index contributed by atoms with van der Waals surface area (Å²) >= 11 is 0. The van der Waals surface area contributed by atoms with Crippen LogP contribution in [-0.2, 0) is 0 Å². The van der Waals surface area contributed by atoms with Crippen molar-refractivity contribution in [1.82, 2.24) is 14.9 Å². The molecule has 3 atom stereocenters. The first kappa shape index (κ1) is 12.5. The number of rotatable bonds is 3. The highest BCUT2D eigenvalue weighted by Gasteiger charge is 2.30. The van der Waals surface area contributed by atoms with Crippen molar-refractivity contribution in [2.24, 2.45) is 5.73 Å². The van der Waals surface area contributed by atoms with Crippen molar-refractivity contribution in [1.29, 1.82) is 0 Å². The molecule has 17 heavy (non-hydrogen) atoms. The van der Waals surface area contributed by atoms with Crippen LogP contribution in [0.5, 0.6) is 0 Å². The average molecular weight is 234 g/mol. The Bertz CT molecular complexity index is 339. The van der Waals surface area contributed by atoms with E-state index in [2.05, 4.69) is 28.7 Å². The number of piperidine rings is 1. The number of aromatic nitrogens is 2. The molecule has 0 radical (unpaired) electrons. The van der Waals surface area contributed by atoms with Gasteiger partial charge in [-0.15, -0.1) is 0 Å². The Balaban J connectivity index is 2.14. The lowest BCUT2D eigenvalue weighted by Crippen LogP contribution is -2.50. The van der Waals surface area contributed by atoms with E-state index < -0.39 is 0 Å². The summed E-state index contributed by atoms with van der Waals surface area (Å²) in [5, 5.41) is 0. The second-order valence-corrected chi connectivity index (χ2v) is 4.97. The summed E-state index contributed by atoms with van der Waals surface area (Å²) in [5.41, 5.74) is 7.14. The molecule has 1 saturated heterocycles. The van der Waals surface area contributed by atoms with Crippen molar-refractivity contribution in [3.05, 3.63) is 24.3 Å². The van der Waals surface area contributed by atoms with Crippen LogP contribution in [0.1, 0.15) is 44.8 Å². The van der Waals surface area contributed by atoms with Crippen LogP contribution in [0.25, 0.3) is 0 Å². The monoisotopic (exact) mass is 234 g/mol. The zero-order valence-corrected chi connectivity index (χ0v) is 10.7. The summed E-state index contributed by atoms with van der Waals surface area (Å²) in [5.74, 6) is 0. The molecule has 2 rings (SSSR count). The largest absolute Gasteiger partial charge is 0.327 e. The van der Waals surface area contributed by atoms with Gasteiger partial charge in [-0.25, -0.2) is 0 Å². The summed E-state index contributed by atoms with van der Waals surface area (Å²) in [4.78, 5) is 11.0. The molecular weight excluding hydrogens is 212 g/mol.